The summed E-state index contributed by atoms with van der Waals surface area (Å²) in [6, 6.07) is 0. The van der Waals surface area contributed by atoms with Crippen LogP contribution in [0.25, 0.3) is 0 Å². The van der Waals surface area contributed by atoms with Crippen molar-refractivity contribution >= 4 is 5.97 Å². The SMILES string of the molecule is CC1(C)O[C@H]2[C@@H](O1)[C@@H](COC(=O)CC(C)(C)C1C=CC=C1)O[C@@H]1OC(C)(C)O[C@@H]12. The average molecular weight is 408 g/mol. The summed E-state index contributed by atoms with van der Waals surface area (Å²) < 4.78 is 35.7. The molecule has 7 nitrogen and oxygen atoms in total. The zero-order valence-electron chi connectivity index (χ0n) is 18.0. The van der Waals surface area contributed by atoms with Crippen LogP contribution in [-0.2, 0) is 33.2 Å². The predicted molar refractivity (Wildman–Crippen MR) is 104 cm³/mol. The molecular formula is C22H32O7. The first kappa shape index (κ1) is 21.0. The number of carbonyl (C=O) groups is 1. The molecule has 0 aromatic carbocycles. The number of hydrogen-bond donors (Lipinski definition) is 0. The molecule has 162 valence electrons. The van der Waals surface area contributed by atoms with E-state index in [1.54, 1.807) is 0 Å². The van der Waals surface area contributed by atoms with Crippen LogP contribution >= 0.6 is 0 Å². The number of fused-ring (bicyclic) bond motifs is 3. The molecule has 3 heterocycles. The van der Waals surface area contributed by atoms with Crippen molar-refractivity contribution in [1.82, 2.24) is 0 Å². The lowest BCUT2D eigenvalue weighted by atomic mass is 9.77. The Bertz CT molecular complexity index is 696. The molecule has 3 fully saturated rings. The van der Waals surface area contributed by atoms with Gasteiger partial charge in [0.1, 0.15) is 31.0 Å². The Morgan fingerprint density at radius 3 is 2.21 bits per heavy atom. The second-order valence-corrected chi connectivity index (χ2v) is 9.85. The highest BCUT2D eigenvalue weighted by molar-refractivity contribution is 5.70. The fourth-order valence-electron chi connectivity index (χ4n) is 4.50. The maximum atomic E-state index is 12.6. The van der Waals surface area contributed by atoms with Gasteiger partial charge in [-0.05, 0) is 33.1 Å². The van der Waals surface area contributed by atoms with Gasteiger partial charge in [-0.15, -0.1) is 0 Å². The summed E-state index contributed by atoms with van der Waals surface area (Å²) in [6.07, 6.45) is 6.34. The molecule has 3 aliphatic heterocycles. The molecule has 0 aromatic heterocycles. The van der Waals surface area contributed by atoms with Crippen LogP contribution in [0.1, 0.15) is 48.0 Å². The van der Waals surface area contributed by atoms with Crippen LogP contribution in [-0.4, -0.2) is 54.9 Å². The summed E-state index contributed by atoms with van der Waals surface area (Å²) in [5, 5.41) is 0. The number of ether oxygens (including phenoxy) is 6. The van der Waals surface area contributed by atoms with E-state index in [2.05, 4.69) is 26.0 Å². The van der Waals surface area contributed by atoms with Gasteiger partial charge in [0.2, 0.25) is 0 Å². The van der Waals surface area contributed by atoms with E-state index in [1.807, 2.05) is 39.8 Å². The zero-order chi connectivity index (χ0) is 21.0. The molecule has 0 radical (unpaired) electrons. The monoisotopic (exact) mass is 408 g/mol. The van der Waals surface area contributed by atoms with E-state index in [4.69, 9.17) is 28.4 Å². The summed E-state index contributed by atoms with van der Waals surface area (Å²) in [4.78, 5) is 12.6. The molecule has 0 saturated carbocycles. The smallest absolute Gasteiger partial charge is 0.306 e. The van der Waals surface area contributed by atoms with Gasteiger partial charge >= 0.3 is 5.97 Å². The third-order valence-corrected chi connectivity index (χ3v) is 5.91. The standard InChI is InChI=1S/C22H32O7/c1-20(2,13-9-7-8-10-13)11-15(23)24-12-14-16-17(27-21(3,4)26-16)18-19(25-14)29-22(5,6)28-18/h7-10,13-14,16-19H,11-12H2,1-6H3/t14-,16+,17+,18-,19-/m1/s1. The van der Waals surface area contributed by atoms with E-state index >= 15 is 0 Å². The van der Waals surface area contributed by atoms with E-state index in [9.17, 15) is 4.79 Å². The van der Waals surface area contributed by atoms with E-state index in [0.29, 0.717) is 6.42 Å². The van der Waals surface area contributed by atoms with Crippen LogP contribution in [0.4, 0.5) is 0 Å². The third-order valence-electron chi connectivity index (χ3n) is 5.91. The Morgan fingerprint density at radius 1 is 0.931 bits per heavy atom. The van der Waals surface area contributed by atoms with Crippen molar-refractivity contribution in [2.75, 3.05) is 6.61 Å². The van der Waals surface area contributed by atoms with E-state index < -0.39 is 30.1 Å². The van der Waals surface area contributed by atoms with E-state index in [1.165, 1.54) is 0 Å². The van der Waals surface area contributed by atoms with Gasteiger partial charge in [-0.3, -0.25) is 4.79 Å². The molecule has 29 heavy (non-hydrogen) atoms. The fraction of sp³-hybridized carbons (Fsp3) is 0.773. The van der Waals surface area contributed by atoms with Gasteiger partial charge in [-0.1, -0.05) is 38.2 Å². The highest BCUT2D eigenvalue weighted by Gasteiger charge is 2.60. The molecule has 3 saturated heterocycles. The lowest BCUT2D eigenvalue weighted by Gasteiger charge is -2.37. The van der Waals surface area contributed by atoms with E-state index in [0.717, 1.165) is 0 Å². The third kappa shape index (κ3) is 4.30. The van der Waals surface area contributed by atoms with Crippen molar-refractivity contribution in [1.29, 1.82) is 0 Å². The van der Waals surface area contributed by atoms with Crippen molar-refractivity contribution < 1.29 is 33.2 Å². The van der Waals surface area contributed by atoms with Crippen molar-refractivity contribution in [2.45, 2.75) is 90.2 Å². The summed E-state index contributed by atoms with van der Waals surface area (Å²) in [6.45, 7) is 11.6. The quantitative estimate of drug-likeness (QED) is 0.647. The molecule has 4 aliphatic rings. The molecule has 1 aliphatic carbocycles. The maximum absolute atomic E-state index is 12.6. The van der Waals surface area contributed by atoms with Crippen LogP contribution in [0, 0.1) is 11.3 Å². The number of allylic oxidation sites excluding steroid dienone is 4. The Hall–Kier alpha value is -1.25. The van der Waals surface area contributed by atoms with Gasteiger partial charge in [0.15, 0.2) is 17.9 Å². The lowest BCUT2D eigenvalue weighted by Crippen LogP contribution is -2.56. The molecular weight excluding hydrogens is 376 g/mol. The van der Waals surface area contributed by atoms with Gasteiger partial charge in [0.05, 0.1) is 6.42 Å². The molecule has 0 unspecified atom stereocenters. The summed E-state index contributed by atoms with van der Waals surface area (Å²) in [5.74, 6) is -1.57. The first-order valence-electron chi connectivity index (χ1n) is 10.3. The van der Waals surface area contributed by atoms with E-state index in [-0.39, 0.29) is 36.1 Å². The zero-order valence-corrected chi connectivity index (χ0v) is 18.0. The van der Waals surface area contributed by atoms with Crippen molar-refractivity contribution in [3.8, 4) is 0 Å². The van der Waals surface area contributed by atoms with Crippen molar-refractivity contribution in [3.63, 3.8) is 0 Å². The van der Waals surface area contributed by atoms with Crippen LogP contribution in [0.5, 0.6) is 0 Å². The maximum Gasteiger partial charge on any atom is 0.306 e. The average Bonchev–Trinajstić information content (AvgIpc) is 3.28. The Labute approximate surface area is 172 Å². The molecule has 0 N–H and O–H groups in total. The van der Waals surface area contributed by atoms with Gasteiger partial charge in [-0.2, -0.15) is 0 Å². The number of esters is 1. The minimum Gasteiger partial charge on any atom is -0.463 e. The first-order valence-corrected chi connectivity index (χ1v) is 10.3. The first-order chi connectivity index (χ1) is 13.5. The van der Waals surface area contributed by atoms with Crippen LogP contribution in [0.15, 0.2) is 24.3 Å². The molecule has 0 aromatic rings. The number of rotatable bonds is 5. The van der Waals surface area contributed by atoms with Gasteiger partial charge in [0, 0.05) is 5.92 Å². The molecule has 0 amide bonds. The minimum atomic E-state index is -0.770. The minimum absolute atomic E-state index is 0.0822. The van der Waals surface area contributed by atoms with Crippen LogP contribution in [0.2, 0.25) is 0 Å². The highest BCUT2D eigenvalue weighted by Crippen LogP contribution is 2.44. The van der Waals surface area contributed by atoms with Crippen LogP contribution < -0.4 is 0 Å². The molecule has 7 heteroatoms. The number of hydrogen-bond acceptors (Lipinski definition) is 7. The molecule has 0 bridgehead atoms. The Morgan fingerprint density at radius 2 is 1.52 bits per heavy atom. The van der Waals surface area contributed by atoms with Crippen molar-refractivity contribution in [2.24, 2.45) is 11.3 Å². The van der Waals surface area contributed by atoms with Gasteiger partial charge < -0.3 is 28.4 Å². The van der Waals surface area contributed by atoms with Gasteiger partial charge in [0.25, 0.3) is 0 Å². The molecule has 4 rings (SSSR count). The topological polar surface area (TPSA) is 72.5 Å². The largest absolute Gasteiger partial charge is 0.463 e. The van der Waals surface area contributed by atoms with Crippen molar-refractivity contribution in [3.05, 3.63) is 24.3 Å². The second-order valence-electron chi connectivity index (χ2n) is 9.85. The summed E-state index contributed by atoms with van der Waals surface area (Å²) in [5.41, 5.74) is -0.219. The Kier molecular flexibility index (Phi) is 5.19. The molecule has 0 spiro atoms. The molecule has 5 atom stereocenters. The normalized spacial score (nSPS) is 37.5. The fourth-order valence-corrected chi connectivity index (χ4v) is 4.50. The van der Waals surface area contributed by atoms with Crippen LogP contribution in [0.3, 0.4) is 0 Å². The summed E-state index contributed by atoms with van der Waals surface area (Å²) in [7, 11) is 0. The lowest BCUT2D eigenvalue weighted by molar-refractivity contribution is -0.242. The predicted octanol–water partition coefficient (Wildman–Crippen LogP) is 3.08. The summed E-state index contributed by atoms with van der Waals surface area (Å²) >= 11 is 0. The highest BCUT2D eigenvalue weighted by atomic mass is 16.9. The number of carbonyl (C=O) groups excluding carboxylic acids is 1. The Balaban J connectivity index is 1.39. The second kappa shape index (κ2) is 7.17. The van der Waals surface area contributed by atoms with Gasteiger partial charge in [-0.25, -0.2) is 0 Å².